The topological polar surface area (TPSA) is 78.1 Å². The van der Waals surface area contributed by atoms with Crippen LogP contribution in [0.2, 0.25) is 0 Å². The second kappa shape index (κ2) is 9.35. The van der Waals surface area contributed by atoms with Crippen LogP contribution in [0.15, 0.2) is 54.7 Å². The lowest BCUT2D eigenvalue weighted by atomic mass is 10.00. The standard InChI is InChI=1S/C25H26FN3O2/c1-31-19-10-8-17(13-19)22-15-28-25(27)24(29-22)18-9-11-20(21(26)14-18)23(30)12-7-16-5-3-2-4-6-16/h2-6,9,11,14-15,17,19H,7-8,10,12-13H2,1H3,(H2,27,28). The third kappa shape index (κ3) is 4.80. The lowest BCUT2D eigenvalue weighted by Crippen LogP contribution is -2.08. The lowest BCUT2D eigenvalue weighted by Gasteiger charge is -2.13. The van der Waals surface area contributed by atoms with Gasteiger partial charge in [-0.25, -0.2) is 14.4 Å². The molecule has 1 saturated carbocycles. The number of anilines is 1. The summed E-state index contributed by atoms with van der Waals surface area (Å²) < 4.78 is 20.3. The molecule has 1 aromatic heterocycles. The number of aromatic nitrogens is 2. The van der Waals surface area contributed by atoms with Crippen LogP contribution in [0.25, 0.3) is 11.3 Å². The van der Waals surface area contributed by atoms with E-state index < -0.39 is 5.82 Å². The lowest BCUT2D eigenvalue weighted by molar-refractivity contribution is 0.0979. The van der Waals surface area contributed by atoms with E-state index in [1.165, 1.54) is 12.1 Å². The molecule has 1 aliphatic carbocycles. The normalized spacial score (nSPS) is 18.3. The molecule has 0 amide bonds. The summed E-state index contributed by atoms with van der Waals surface area (Å²) in [6, 6.07) is 14.2. The van der Waals surface area contributed by atoms with Crippen LogP contribution in [0.5, 0.6) is 0 Å². The molecule has 0 spiro atoms. The van der Waals surface area contributed by atoms with Gasteiger partial charge in [0, 0.05) is 25.0 Å². The first-order valence-electron chi connectivity index (χ1n) is 10.6. The summed E-state index contributed by atoms with van der Waals surface area (Å²) in [4.78, 5) is 21.5. The Bertz CT molecular complexity index is 1070. The van der Waals surface area contributed by atoms with Gasteiger partial charge in [-0.1, -0.05) is 36.4 Å². The largest absolute Gasteiger partial charge is 0.382 e. The molecule has 160 valence electrons. The Morgan fingerprint density at radius 3 is 2.71 bits per heavy atom. The molecule has 0 saturated heterocycles. The molecule has 1 fully saturated rings. The number of hydrogen-bond donors (Lipinski definition) is 1. The number of nitrogens with zero attached hydrogens (tertiary/aromatic N) is 2. The van der Waals surface area contributed by atoms with E-state index >= 15 is 0 Å². The molecule has 0 bridgehead atoms. The van der Waals surface area contributed by atoms with Crippen molar-refractivity contribution in [1.82, 2.24) is 9.97 Å². The number of hydrogen-bond acceptors (Lipinski definition) is 5. The highest BCUT2D eigenvalue weighted by molar-refractivity contribution is 5.97. The van der Waals surface area contributed by atoms with Crippen molar-refractivity contribution >= 4 is 11.6 Å². The fourth-order valence-corrected chi connectivity index (χ4v) is 4.17. The molecule has 1 aliphatic rings. The van der Waals surface area contributed by atoms with Gasteiger partial charge in [0.1, 0.15) is 17.3 Å². The Morgan fingerprint density at radius 2 is 2.00 bits per heavy atom. The van der Waals surface area contributed by atoms with Crippen molar-refractivity contribution in [2.75, 3.05) is 12.8 Å². The van der Waals surface area contributed by atoms with Crippen molar-refractivity contribution in [2.24, 2.45) is 0 Å². The van der Waals surface area contributed by atoms with Crippen LogP contribution >= 0.6 is 0 Å². The summed E-state index contributed by atoms with van der Waals surface area (Å²) in [5.74, 6) is -0.298. The maximum absolute atomic E-state index is 14.8. The zero-order valence-corrected chi connectivity index (χ0v) is 17.6. The van der Waals surface area contributed by atoms with E-state index in [1.54, 1.807) is 19.4 Å². The van der Waals surface area contributed by atoms with Crippen molar-refractivity contribution in [2.45, 2.75) is 44.1 Å². The molecule has 0 radical (unpaired) electrons. The molecule has 2 atom stereocenters. The van der Waals surface area contributed by atoms with Crippen LogP contribution in [0.3, 0.4) is 0 Å². The molecular formula is C25H26FN3O2. The average Bonchev–Trinajstić information content (AvgIpc) is 3.28. The number of nitrogen functional groups attached to an aromatic ring is 1. The number of methoxy groups -OCH3 is 1. The maximum atomic E-state index is 14.8. The van der Waals surface area contributed by atoms with Crippen molar-refractivity contribution in [1.29, 1.82) is 0 Å². The second-order valence-electron chi connectivity index (χ2n) is 8.00. The number of benzene rings is 2. The molecule has 3 aromatic rings. The van der Waals surface area contributed by atoms with Crippen molar-refractivity contribution in [3.05, 3.63) is 77.4 Å². The Morgan fingerprint density at radius 1 is 1.19 bits per heavy atom. The molecule has 1 heterocycles. The van der Waals surface area contributed by atoms with Crippen LogP contribution in [0, 0.1) is 5.82 Å². The number of carbonyl (C=O) groups excluding carboxylic acids is 1. The summed E-state index contributed by atoms with van der Waals surface area (Å²) in [5.41, 5.74) is 8.99. The highest BCUT2D eigenvalue weighted by Crippen LogP contribution is 2.36. The Balaban J connectivity index is 1.52. The number of rotatable bonds is 7. The van der Waals surface area contributed by atoms with E-state index in [4.69, 9.17) is 15.5 Å². The van der Waals surface area contributed by atoms with E-state index in [9.17, 15) is 9.18 Å². The SMILES string of the molecule is COC1CCC(c2cnc(N)c(-c3ccc(C(=O)CCc4ccccc4)c(F)c3)n2)C1. The van der Waals surface area contributed by atoms with Crippen LogP contribution in [0.4, 0.5) is 10.2 Å². The van der Waals surface area contributed by atoms with Gasteiger partial charge in [0.15, 0.2) is 5.78 Å². The molecule has 31 heavy (non-hydrogen) atoms. The number of halogens is 1. The molecule has 4 rings (SSSR count). The average molecular weight is 420 g/mol. The number of aryl methyl sites for hydroxylation is 1. The predicted octanol–water partition coefficient (Wildman–Crippen LogP) is 4.96. The van der Waals surface area contributed by atoms with Crippen LogP contribution in [0.1, 0.15) is 53.2 Å². The zero-order chi connectivity index (χ0) is 21.8. The van der Waals surface area contributed by atoms with E-state index in [0.29, 0.717) is 17.7 Å². The van der Waals surface area contributed by atoms with Gasteiger partial charge in [-0.05, 0) is 43.4 Å². The van der Waals surface area contributed by atoms with Gasteiger partial charge >= 0.3 is 0 Å². The number of Topliss-reactive ketones (excluding diaryl/α,β-unsaturated/α-hetero) is 1. The second-order valence-corrected chi connectivity index (χ2v) is 8.00. The van der Waals surface area contributed by atoms with Gasteiger partial charge in [-0.3, -0.25) is 4.79 Å². The highest BCUT2D eigenvalue weighted by Gasteiger charge is 2.27. The monoisotopic (exact) mass is 419 g/mol. The van der Waals surface area contributed by atoms with Gasteiger partial charge in [0.2, 0.25) is 0 Å². The Kier molecular flexibility index (Phi) is 6.37. The molecule has 2 unspecified atom stereocenters. The third-order valence-corrected chi connectivity index (χ3v) is 5.98. The summed E-state index contributed by atoms with van der Waals surface area (Å²) in [6.07, 6.45) is 5.59. The fraction of sp³-hybridized carbons (Fsp3) is 0.320. The Hall–Kier alpha value is -3.12. The van der Waals surface area contributed by atoms with Crippen molar-refractivity contribution in [3.8, 4) is 11.3 Å². The summed E-state index contributed by atoms with van der Waals surface area (Å²) >= 11 is 0. The molecule has 2 N–H and O–H groups in total. The number of nitrogens with two attached hydrogens (primary N) is 1. The van der Waals surface area contributed by atoms with Gasteiger partial charge in [-0.2, -0.15) is 0 Å². The predicted molar refractivity (Wildman–Crippen MR) is 118 cm³/mol. The molecule has 5 nitrogen and oxygen atoms in total. The van der Waals surface area contributed by atoms with Crippen molar-refractivity contribution < 1.29 is 13.9 Å². The summed E-state index contributed by atoms with van der Waals surface area (Å²) in [5, 5.41) is 0. The number of ether oxygens (including phenoxy) is 1. The number of carbonyl (C=O) groups is 1. The van der Waals surface area contributed by atoms with Gasteiger partial charge < -0.3 is 10.5 Å². The van der Waals surface area contributed by atoms with Gasteiger partial charge in [0.25, 0.3) is 0 Å². The third-order valence-electron chi connectivity index (χ3n) is 5.98. The molecular weight excluding hydrogens is 393 g/mol. The molecule has 0 aliphatic heterocycles. The van der Waals surface area contributed by atoms with Gasteiger partial charge in [0.05, 0.1) is 23.6 Å². The molecule has 2 aromatic carbocycles. The molecule has 6 heteroatoms. The minimum Gasteiger partial charge on any atom is -0.382 e. The first-order valence-corrected chi connectivity index (χ1v) is 10.6. The first-order chi connectivity index (χ1) is 15.0. The van der Waals surface area contributed by atoms with Crippen molar-refractivity contribution in [3.63, 3.8) is 0 Å². The van der Waals surface area contributed by atoms with Crippen LogP contribution in [-0.2, 0) is 11.2 Å². The summed E-state index contributed by atoms with van der Waals surface area (Å²) in [6.45, 7) is 0. The Labute approximate surface area is 181 Å². The van der Waals surface area contributed by atoms with Crippen LogP contribution < -0.4 is 5.73 Å². The van der Waals surface area contributed by atoms with E-state index in [2.05, 4.69) is 4.98 Å². The van der Waals surface area contributed by atoms with Gasteiger partial charge in [-0.15, -0.1) is 0 Å². The van der Waals surface area contributed by atoms with E-state index in [-0.39, 0.29) is 35.6 Å². The minimum atomic E-state index is -0.567. The van der Waals surface area contributed by atoms with Crippen LogP contribution in [-0.4, -0.2) is 29.0 Å². The first kappa shape index (κ1) is 21.1. The summed E-state index contributed by atoms with van der Waals surface area (Å²) in [7, 11) is 1.72. The quantitative estimate of drug-likeness (QED) is 0.548. The minimum absolute atomic E-state index is 0.0843. The maximum Gasteiger partial charge on any atom is 0.166 e. The smallest absolute Gasteiger partial charge is 0.166 e. The van der Waals surface area contributed by atoms with E-state index in [0.717, 1.165) is 30.5 Å². The number of ketones is 1. The zero-order valence-electron chi connectivity index (χ0n) is 17.6. The van der Waals surface area contributed by atoms with E-state index in [1.807, 2.05) is 30.3 Å². The highest BCUT2D eigenvalue weighted by atomic mass is 19.1. The fourth-order valence-electron chi connectivity index (χ4n) is 4.17.